The summed E-state index contributed by atoms with van der Waals surface area (Å²) in [5, 5.41) is 12.0. The third-order valence-corrected chi connectivity index (χ3v) is 5.02. The maximum absolute atomic E-state index is 10.6. The molecule has 0 bridgehead atoms. The maximum atomic E-state index is 10.6. The zero-order valence-corrected chi connectivity index (χ0v) is 16.2. The van der Waals surface area contributed by atoms with Gasteiger partial charge < -0.3 is 24.9 Å². The summed E-state index contributed by atoms with van der Waals surface area (Å²) in [6.45, 7) is 2.77. The van der Waals surface area contributed by atoms with E-state index in [1.165, 1.54) is 0 Å². The third-order valence-electron chi connectivity index (χ3n) is 5.02. The molecule has 4 rings (SSSR count). The first-order chi connectivity index (χ1) is 13.6. The highest BCUT2D eigenvalue weighted by molar-refractivity contribution is 6.12. The number of nitrogen functional groups attached to an aromatic ring is 1. The fourth-order valence-corrected chi connectivity index (χ4v) is 3.66. The van der Waals surface area contributed by atoms with E-state index in [4.69, 9.17) is 20.2 Å². The molecule has 6 heteroatoms. The first kappa shape index (κ1) is 18.0. The minimum absolute atomic E-state index is 0.163. The summed E-state index contributed by atoms with van der Waals surface area (Å²) in [7, 11) is 3.26. The number of methoxy groups -OCH3 is 2. The number of hydrogen-bond acceptors (Lipinski definition) is 5. The molecule has 144 valence electrons. The topological polar surface area (TPSA) is 82.5 Å². The van der Waals surface area contributed by atoms with Crippen LogP contribution in [-0.4, -0.2) is 28.9 Å². The van der Waals surface area contributed by atoms with Crippen LogP contribution in [0.5, 0.6) is 17.4 Å². The minimum atomic E-state index is 0.163. The molecule has 28 heavy (non-hydrogen) atoms. The summed E-state index contributed by atoms with van der Waals surface area (Å²) in [6.07, 6.45) is 2.76. The number of pyridine rings is 1. The van der Waals surface area contributed by atoms with Gasteiger partial charge in [0.15, 0.2) is 0 Å². The molecule has 0 unspecified atom stereocenters. The van der Waals surface area contributed by atoms with E-state index in [0.717, 1.165) is 34.2 Å². The number of para-hydroxylation sites is 1. The molecule has 0 radical (unpaired) electrons. The van der Waals surface area contributed by atoms with E-state index in [2.05, 4.69) is 6.92 Å². The van der Waals surface area contributed by atoms with Crippen LogP contribution in [0.3, 0.4) is 0 Å². The highest BCUT2D eigenvalue weighted by Crippen LogP contribution is 2.41. The van der Waals surface area contributed by atoms with Crippen molar-refractivity contribution in [1.29, 1.82) is 0 Å². The number of fused-ring (bicyclic) bond motifs is 2. The lowest BCUT2D eigenvalue weighted by molar-refractivity contribution is 0.395. The number of nitrogens with zero attached hydrogens (tertiary/aromatic N) is 2. The van der Waals surface area contributed by atoms with E-state index in [1.807, 2.05) is 42.6 Å². The number of ether oxygens (including phenoxy) is 2. The smallest absolute Gasteiger partial charge is 0.202 e. The van der Waals surface area contributed by atoms with Crippen molar-refractivity contribution in [2.75, 3.05) is 20.0 Å². The van der Waals surface area contributed by atoms with Gasteiger partial charge in [0.25, 0.3) is 0 Å². The van der Waals surface area contributed by atoms with Crippen molar-refractivity contribution in [3.63, 3.8) is 0 Å². The van der Waals surface area contributed by atoms with Gasteiger partial charge in [0.2, 0.25) is 5.88 Å². The Labute approximate surface area is 163 Å². The molecule has 0 aliphatic carbocycles. The number of hydrogen-bond donors (Lipinski definition) is 2. The largest absolute Gasteiger partial charge is 0.497 e. The van der Waals surface area contributed by atoms with Gasteiger partial charge in [-0.2, -0.15) is 0 Å². The van der Waals surface area contributed by atoms with Crippen LogP contribution in [0.15, 0.2) is 42.6 Å². The fourth-order valence-electron chi connectivity index (χ4n) is 3.66. The van der Waals surface area contributed by atoms with Crippen molar-refractivity contribution in [2.24, 2.45) is 0 Å². The van der Waals surface area contributed by atoms with E-state index < -0.39 is 0 Å². The van der Waals surface area contributed by atoms with E-state index >= 15 is 0 Å². The normalized spacial score (nSPS) is 11.2. The highest BCUT2D eigenvalue weighted by atomic mass is 16.5. The molecule has 4 aromatic rings. The highest BCUT2D eigenvalue weighted by Gasteiger charge is 2.18. The Kier molecular flexibility index (Phi) is 4.47. The predicted molar refractivity (Wildman–Crippen MR) is 112 cm³/mol. The van der Waals surface area contributed by atoms with Gasteiger partial charge in [0, 0.05) is 35.3 Å². The Balaban J connectivity index is 2.02. The molecular formula is C22H23N3O3. The van der Waals surface area contributed by atoms with Crippen LogP contribution >= 0.6 is 0 Å². The SMILES string of the molecule is CCCn1cc2nc3c(-c4ccc(OC)cc4OC)cccc3c(N)c2c1O. The average molecular weight is 377 g/mol. The number of anilines is 1. The van der Waals surface area contributed by atoms with Gasteiger partial charge in [-0.15, -0.1) is 0 Å². The second kappa shape index (κ2) is 6.96. The average Bonchev–Trinajstić information content (AvgIpc) is 3.03. The maximum Gasteiger partial charge on any atom is 0.202 e. The molecule has 0 amide bonds. The van der Waals surface area contributed by atoms with Crippen LogP contribution in [0.2, 0.25) is 0 Å². The summed E-state index contributed by atoms with van der Waals surface area (Å²) in [5.41, 5.74) is 10.2. The van der Waals surface area contributed by atoms with E-state index in [0.29, 0.717) is 28.9 Å². The Morgan fingerprint density at radius 3 is 2.64 bits per heavy atom. The van der Waals surface area contributed by atoms with Crippen molar-refractivity contribution in [3.8, 4) is 28.5 Å². The van der Waals surface area contributed by atoms with Crippen molar-refractivity contribution >= 4 is 27.5 Å². The number of aromatic nitrogens is 2. The molecule has 6 nitrogen and oxygen atoms in total. The van der Waals surface area contributed by atoms with E-state index in [1.54, 1.807) is 18.8 Å². The first-order valence-corrected chi connectivity index (χ1v) is 9.21. The molecule has 2 heterocycles. The number of rotatable bonds is 5. The molecule has 0 fully saturated rings. The number of aromatic hydroxyl groups is 1. The molecule has 2 aromatic carbocycles. The van der Waals surface area contributed by atoms with Crippen LogP contribution < -0.4 is 15.2 Å². The molecule has 2 aromatic heterocycles. The minimum Gasteiger partial charge on any atom is -0.497 e. The summed E-state index contributed by atoms with van der Waals surface area (Å²) >= 11 is 0. The van der Waals surface area contributed by atoms with Gasteiger partial charge in [-0.3, -0.25) is 0 Å². The fraction of sp³-hybridized carbons (Fsp3) is 0.227. The monoisotopic (exact) mass is 377 g/mol. The lowest BCUT2D eigenvalue weighted by Crippen LogP contribution is -1.95. The van der Waals surface area contributed by atoms with Crippen molar-refractivity contribution in [1.82, 2.24) is 9.55 Å². The number of benzene rings is 2. The van der Waals surface area contributed by atoms with Gasteiger partial charge in [-0.25, -0.2) is 4.98 Å². The zero-order valence-electron chi connectivity index (χ0n) is 16.2. The van der Waals surface area contributed by atoms with Gasteiger partial charge in [-0.05, 0) is 18.6 Å². The summed E-state index contributed by atoms with van der Waals surface area (Å²) in [4.78, 5) is 4.85. The molecular weight excluding hydrogens is 354 g/mol. The third kappa shape index (κ3) is 2.69. The van der Waals surface area contributed by atoms with Gasteiger partial charge in [-0.1, -0.05) is 25.1 Å². The lowest BCUT2D eigenvalue weighted by atomic mass is 9.99. The van der Waals surface area contributed by atoms with E-state index in [-0.39, 0.29) is 5.88 Å². The Morgan fingerprint density at radius 2 is 1.93 bits per heavy atom. The van der Waals surface area contributed by atoms with Crippen LogP contribution in [0.25, 0.3) is 32.9 Å². The van der Waals surface area contributed by atoms with Crippen LogP contribution in [-0.2, 0) is 6.54 Å². The Morgan fingerprint density at radius 1 is 1.11 bits per heavy atom. The number of aryl methyl sites for hydroxylation is 1. The second-order valence-corrected chi connectivity index (χ2v) is 6.70. The van der Waals surface area contributed by atoms with Gasteiger partial charge in [0.1, 0.15) is 11.5 Å². The lowest BCUT2D eigenvalue weighted by Gasteiger charge is -2.13. The van der Waals surface area contributed by atoms with Crippen LogP contribution in [0.1, 0.15) is 13.3 Å². The predicted octanol–water partition coefficient (Wildman–Crippen LogP) is 4.57. The molecule has 3 N–H and O–H groups in total. The summed E-state index contributed by atoms with van der Waals surface area (Å²) < 4.78 is 12.7. The second-order valence-electron chi connectivity index (χ2n) is 6.70. The Hall–Kier alpha value is -3.41. The van der Waals surface area contributed by atoms with Gasteiger partial charge in [0.05, 0.1) is 36.3 Å². The summed E-state index contributed by atoms with van der Waals surface area (Å²) in [6, 6.07) is 11.5. The first-order valence-electron chi connectivity index (χ1n) is 9.21. The van der Waals surface area contributed by atoms with Crippen LogP contribution in [0.4, 0.5) is 5.69 Å². The molecule has 0 saturated carbocycles. The number of nitrogens with two attached hydrogens (primary N) is 1. The van der Waals surface area contributed by atoms with Crippen LogP contribution in [0, 0.1) is 0 Å². The quantitative estimate of drug-likeness (QED) is 0.532. The summed E-state index contributed by atoms with van der Waals surface area (Å²) in [5.74, 6) is 1.58. The molecule has 0 atom stereocenters. The van der Waals surface area contributed by atoms with Crippen molar-refractivity contribution in [2.45, 2.75) is 19.9 Å². The van der Waals surface area contributed by atoms with Crippen molar-refractivity contribution in [3.05, 3.63) is 42.6 Å². The molecule has 0 aliphatic heterocycles. The molecule has 0 spiro atoms. The molecule has 0 aliphatic rings. The van der Waals surface area contributed by atoms with E-state index in [9.17, 15) is 5.11 Å². The zero-order chi connectivity index (χ0) is 19.8. The van der Waals surface area contributed by atoms with Crippen molar-refractivity contribution < 1.29 is 14.6 Å². The standard InChI is InChI=1S/C22H23N3O3/c1-4-10-25-12-17-19(22(25)26)20(23)16-7-5-6-15(21(16)24-17)14-9-8-13(27-2)11-18(14)28-3/h5-9,11-12,26H,4,10,23H2,1-3H3. The Bertz CT molecular complexity index is 1180. The molecule has 0 saturated heterocycles. The van der Waals surface area contributed by atoms with Gasteiger partial charge >= 0.3 is 0 Å².